The van der Waals surface area contributed by atoms with Gasteiger partial charge in [0.15, 0.2) is 5.78 Å². The van der Waals surface area contributed by atoms with E-state index >= 15 is 0 Å². The normalized spacial score (nSPS) is 10.1. The fourth-order valence-electron chi connectivity index (χ4n) is 1.80. The summed E-state index contributed by atoms with van der Waals surface area (Å²) in [7, 11) is 1.56. The maximum Gasteiger partial charge on any atom is 0.195 e. The maximum atomic E-state index is 12.4. The number of nitrogen functional groups attached to an aromatic ring is 1. The van der Waals surface area contributed by atoms with Gasteiger partial charge in [-0.25, -0.2) is 0 Å². The highest BCUT2D eigenvalue weighted by atomic mass is 16.5. The standard InChI is InChI=1S/C15H15NO2/c1-10-4-3-5-11(8-10)15(17)13-9-12(18-2)6-7-14(13)16/h3-9H,16H2,1-2H3. The minimum atomic E-state index is -0.0879. The van der Waals surface area contributed by atoms with E-state index < -0.39 is 0 Å². The molecule has 0 fully saturated rings. The van der Waals surface area contributed by atoms with E-state index in [1.165, 1.54) is 0 Å². The lowest BCUT2D eigenvalue weighted by Crippen LogP contribution is -2.06. The van der Waals surface area contributed by atoms with Crippen LogP contribution in [-0.4, -0.2) is 12.9 Å². The molecule has 0 unspecified atom stereocenters. The molecule has 0 radical (unpaired) electrons. The molecule has 0 saturated heterocycles. The van der Waals surface area contributed by atoms with Gasteiger partial charge in [0.25, 0.3) is 0 Å². The Morgan fingerprint density at radius 2 is 1.94 bits per heavy atom. The monoisotopic (exact) mass is 241 g/mol. The number of benzene rings is 2. The summed E-state index contributed by atoms with van der Waals surface area (Å²) < 4.78 is 5.11. The molecular formula is C15H15NO2. The molecule has 0 aliphatic heterocycles. The molecule has 3 heteroatoms. The molecule has 0 saturated carbocycles. The Bertz CT molecular complexity index is 591. The summed E-state index contributed by atoms with van der Waals surface area (Å²) in [5.74, 6) is 0.537. The van der Waals surface area contributed by atoms with Crippen LogP contribution in [0.5, 0.6) is 5.75 Å². The lowest BCUT2D eigenvalue weighted by atomic mass is 10.00. The second-order valence-corrected chi connectivity index (χ2v) is 4.15. The largest absolute Gasteiger partial charge is 0.497 e. The first-order valence-corrected chi connectivity index (χ1v) is 5.66. The Morgan fingerprint density at radius 3 is 2.61 bits per heavy atom. The number of anilines is 1. The topological polar surface area (TPSA) is 52.3 Å². The van der Waals surface area contributed by atoms with Crippen LogP contribution in [-0.2, 0) is 0 Å². The SMILES string of the molecule is COc1ccc(N)c(C(=O)c2cccc(C)c2)c1. The molecule has 0 aromatic heterocycles. The van der Waals surface area contributed by atoms with Crippen molar-refractivity contribution in [1.29, 1.82) is 0 Å². The van der Waals surface area contributed by atoms with Gasteiger partial charge in [0.2, 0.25) is 0 Å². The molecule has 92 valence electrons. The van der Waals surface area contributed by atoms with E-state index in [0.717, 1.165) is 5.56 Å². The molecule has 2 aromatic rings. The lowest BCUT2D eigenvalue weighted by molar-refractivity contribution is 0.103. The molecule has 0 heterocycles. The van der Waals surface area contributed by atoms with E-state index in [0.29, 0.717) is 22.6 Å². The quantitative estimate of drug-likeness (QED) is 0.664. The summed E-state index contributed by atoms with van der Waals surface area (Å²) in [6, 6.07) is 12.5. The fraction of sp³-hybridized carbons (Fsp3) is 0.133. The highest BCUT2D eigenvalue weighted by molar-refractivity contribution is 6.12. The van der Waals surface area contributed by atoms with Crippen molar-refractivity contribution in [2.45, 2.75) is 6.92 Å². The van der Waals surface area contributed by atoms with Gasteiger partial charge in [-0.3, -0.25) is 4.79 Å². The Labute approximate surface area is 106 Å². The summed E-state index contributed by atoms with van der Waals surface area (Å²) in [6.45, 7) is 1.95. The molecule has 2 N–H and O–H groups in total. The summed E-state index contributed by atoms with van der Waals surface area (Å²) >= 11 is 0. The van der Waals surface area contributed by atoms with Crippen LogP contribution in [0.15, 0.2) is 42.5 Å². The van der Waals surface area contributed by atoms with Crippen molar-refractivity contribution < 1.29 is 9.53 Å². The van der Waals surface area contributed by atoms with E-state index in [1.54, 1.807) is 31.4 Å². The number of rotatable bonds is 3. The molecule has 0 spiro atoms. The molecule has 0 amide bonds. The van der Waals surface area contributed by atoms with Crippen LogP contribution in [0, 0.1) is 6.92 Å². The third-order valence-corrected chi connectivity index (χ3v) is 2.79. The van der Waals surface area contributed by atoms with Gasteiger partial charge in [-0.05, 0) is 31.2 Å². The number of aryl methyl sites for hydroxylation is 1. The van der Waals surface area contributed by atoms with E-state index in [-0.39, 0.29) is 5.78 Å². The predicted molar refractivity (Wildman–Crippen MR) is 72.0 cm³/mol. The van der Waals surface area contributed by atoms with E-state index in [1.807, 2.05) is 25.1 Å². The third kappa shape index (κ3) is 2.35. The van der Waals surface area contributed by atoms with Gasteiger partial charge in [0.1, 0.15) is 5.75 Å². The van der Waals surface area contributed by atoms with Crippen LogP contribution in [0.2, 0.25) is 0 Å². The number of carbonyl (C=O) groups is 1. The molecule has 2 rings (SSSR count). The molecule has 0 atom stereocenters. The van der Waals surface area contributed by atoms with Crippen molar-refractivity contribution in [2.24, 2.45) is 0 Å². The smallest absolute Gasteiger partial charge is 0.195 e. The highest BCUT2D eigenvalue weighted by Gasteiger charge is 2.13. The molecular weight excluding hydrogens is 226 g/mol. The number of ether oxygens (including phenoxy) is 1. The first-order chi connectivity index (χ1) is 8.61. The van der Waals surface area contributed by atoms with Crippen LogP contribution in [0.4, 0.5) is 5.69 Å². The Kier molecular flexibility index (Phi) is 3.33. The van der Waals surface area contributed by atoms with Crippen LogP contribution in [0.3, 0.4) is 0 Å². The zero-order valence-electron chi connectivity index (χ0n) is 10.4. The second kappa shape index (κ2) is 4.92. The number of methoxy groups -OCH3 is 1. The van der Waals surface area contributed by atoms with Crippen LogP contribution in [0.25, 0.3) is 0 Å². The lowest BCUT2D eigenvalue weighted by Gasteiger charge is -2.08. The average Bonchev–Trinajstić information content (AvgIpc) is 2.38. The van der Waals surface area contributed by atoms with Gasteiger partial charge in [-0.2, -0.15) is 0 Å². The number of hydrogen-bond acceptors (Lipinski definition) is 3. The number of carbonyl (C=O) groups excluding carboxylic acids is 1. The van der Waals surface area contributed by atoms with E-state index in [9.17, 15) is 4.79 Å². The molecule has 0 aliphatic rings. The van der Waals surface area contributed by atoms with Gasteiger partial charge in [-0.15, -0.1) is 0 Å². The summed E-state index contributed by atoms with van der Waals surface area (Å²) in [5.41, 5.74) is 8.45. The van der Waals surface area contributed by atoms with Crippen molar-refractivity contribution in [3.63, 3.8) is 0 Å². The van der Waals surface area contributed by atoms with E-state index in [4.69, 9.17) is 10.5 Å². The zero-order chi connectivity index (χ0) is 13.1. The van der Waals surface area contributed by atoms with Gasteiger partial charge in [0, 0.05) is 16.8 Å². The summed E-state index contributed by atoms with van der Waals surface area (Å²) in [4.78, 5) is 12.4. The molecule has 18 heavy (non-hydrogen) atoms. The molecule has 0 bridgehead atoms. The van der Waals surface area contributed by atoms with E-state index in [2.05, 4.69) is 0 Å². The zero-order valence-corrected chi connectivity index (χ0v) is 10.4. The minimum absolute atomic E-state index is 0.0879. The molecule has 2 aromatic carbocycles. The summed E-state index contributed by atoms with van der Waals surface area (Å²) in [5, 5.41) is 0. The average molecular weight is 241 g/mol. The highest BCUT2D eigenvalue weighted by Crippen LogP contribution is 2.22. The Morgan fingerprint density at radius 1 is 1.17 bits per heavy atom. The van der Waals surface area contributed by atoms with Crippen molar-refractivity contribution in [3.8, 4) is 5.75 Å². The summed E-state index contributed by atoms with van der Waals surface area (Å²) in [6.07, 6.45) is 0. The van der Waals surface area contributed by atoms with Gasteiger partial charge >= 0.3 is 0 Å². The predicted octanol–water partition coefficient (Wildman–Crippen LogP) is 2.82. The second-order valence-electron chi connectivity index (χ2n) is 4.15. The maximum absolute atomic E-state index is 12.4. The van der Waals surface area contributed by atoms with Gasteiger partial charge in [0.05, 0.1) is 7.11 Å². The first-order valence-electron chi connectivity index (χ1n) is 5.66. The number of hydrogen-bond donors (Lipinski definition) is 1. The van der Waals surface area contributed by atoms with Crippen LogP contribution in [0.1, 0.15) is 21.5 Å². The van der Waals surface area contributed by atoms with Gasteiger partial charge < -0.3 is 10.5 Å². The third-order valence-electron chi connectivity index (χ3n) is 2.79. The number of nitrogens with two attached hydrogens (primary N) is 1. The fourth-order valence-corrected chi connectivity index (χ4v) is 1.80. The number of ketones is 1. The van der Waals surface area contributed by atoms with Crippen molar-refractivity contribution in [2.75, 3.05) is 12.8 Å². The first kappa shape index (κ1) is 12.2. The van der Waals surface area contributed by atoms with Crippen molar-refractivity contribution in [1.82, 2.24) is 0 Å². The molecule has 0 aliphatic carbocycles. The molecule has 3 nitrogen and oxygen atoms in total. The van der Waals surface area contributed by atoms with Crippen molar-refractivity contribution >= 4 is 11.5 Å². The van der Waals surface area contributed by atoms with Gasteiger partial charge in [-0.1, -0.05) is 23.8 Å². The van der Waals surface area contributed by atoms with Crippen molar-refractivity contribution in [3.05, 3.63) is 59.2 Å². The van der Waals surface area contributed by atoms with Crippen LogP contribution < -0.4 is 10.5 Å². The Hall–Kier alpha value is -2.29. The Balaban J connectivity index is 2.45. The minimum Gasteiger partial charge on any atom is -0.497 e. The van der Waals surface area contributed by atoms with Crippen LogP contribution >= 0.6 is 0 Å².